The summed E-state index contributed by atoms with van der Waals surface area (Å²) >= 11 is 5.82. The van der Waals surface area contributed by atoms with Crippen LogP contribution in [0, 0.1) is 0 Å². The average molecular weight is 388 g/mol. The van der Waals surface area contributed by atoms with Crippen molar-refractivity contribution in [1.29, 1.82) is 0 Å². The van der Waals surface area contributed by atoms with Gasteiger partial charge in [-0.15, -0.1) is 0 Å². The molecule has 0 heterocycles. The second-order valence-electron chi connectivity index (χ2n) is 6.72. The Morgan fingerprint density at radius 1 is 1.00 bits per heavy atom. The quantitative estimate of drug-likeness (QED) is 0.693. The first kappa shape index (κ1) is 20.9. The molecule has 5 nitrogen and oxygen atoms in total. The Bertz CT molecular complexity index is 735. The minimum atomic E-state index is -0.176. The summed E-state index contributed by atoms with van der Waals surface area (Å²) in [6.07, 6.45) is 1.79. The molecule has 0 spiro atoms. The summed E-state index contributed by atoms with van der Waals surface area (Å²) < 4.78 is 0. The lowest BCUT2D eigenvalue weighted by molar-refractivity contribution is -0.123. The van der Waals surface area contributed by atoms with Gasteiger partial charge in [0.2, 0.25) is 11.8 Å². The number of nitrogens with one attached hydrogen (secondary N) is 2. The number of aryl methyl sites for hydroxylation is 1. The van der Waals surface area contributed by atoms with Gasteiger partial charge < -0.3 is 10.6 Å². The Labute approximate surface area is 165 Å². The van der Waals surface area contributed by atoms with Crippen LogP contribution in [-0.2, 0) is 16.0 Å². The maximum atomic E-state index is 12.2. The van der Waals surface area contributed by atoms with Gasteiger partial charge >= 0.3 is 0 Å². The lowest BCUT2D eigenvalue weighted by atomic mass is 10.1. The van der Waals surface area contributed by atoms with E-state index in [-0.39, 0.29) is 30.9 Å². The topological polar surface area (TPSA) is 61.4 Å². The van der Waals surface area contributed by atoms with E-state index in [9.17, 15) is 9.59 Å². The van der Waals surface area contributed by atoms with Crippen LogP contribution in [0.15, 0.2) is 54.6 Å². The van der Waals surface area contributed by atoms with E-state index in [0.717, 1.165) is 12.8 Å². The second-order valence-corrected chi connectivity index (χ2v) is 7.16. The maximum Gasteiger partial charge on any atom is 0.238 e. The molecule has 144 valence electrons. The number of hydrogen-bond donors (Lipinski definition) is 2. The number of halogens is 1. The molecule has 0 saturated heterocycles. The van der Waals surface area contributed by atoms with E-state index in [4.69, 9.17) is 11.6 Å². The van der Waals surface area contributed by atoms with Gasteiger partial charge in [-0.2, -0.15) is 0 Å². The molecule has 2 aromatic carbocycles. The molecule has 0 unspecified atom stereocenters. The van der Waals surface area contributed by atoms with Crippen LogP contribution in [0.3, 0.4) is 0 Å². The molecule has 0 fully saturated rings. The Hall–Kier alpha value is -2.37. The van der Waals surface area contributed by atoms with Crippen LogP contribution in [0.5, 0.6) is 0 Å². The van der Waals surface area contributed by atoms with E-state index in [1.165, 1.54) is 5.56 Å². The number of amides is 2. The van der Waals surface area contributed by atoms with Crippen LogP contribution in [0.4, 0.5) is 5.69 Å². The fourth-order valence-corrected chi connectivity index (χ4v) is 2.83. The van der Waals surface area contributed by atoms with E-state index >= 15 is 0 Å². The third kappa shape index (κ3) is 8.24. The van der Waals surface area contributed by atoms with Gasteiger partial charge in [0.1, 0.15) is 0 Å². The van der Waals surface area contributed by atoms with Gasteiger partial charge in [0, 0.05) is 16.8 Å². The van der Waals surface area contributed by atoms with Crippen molar-refractivity contribution >= 4 is 29.1 Å². The van der Waals surface area contributed by atoms with Crippen LogP contribution in [0.2, 0.25) is 5.02 Å². The van der Waals surface area contributed by atoms with Crippen molar-refractivity contribution in [3.05, 3.63) is 65.2 Å². The summed E-state index contributed by atoms with van der Waals surface area (Å²) in [5.74, 6) is -0.262. The Morgan fingerprint density at radius 2 is 1.63 bits per heavy atom. The molecule has 0 bridgehead atoms. The zero-order valence-corrected chi connectivity index (χ0v) is 16.5. The SMILES string of the molecule is C[C@H](CCc1ccccc1)NC(=O)CN(C)CC(=O)Nc1ccc(Cl)cc1. The Kier molecular flexibility index (Phi) is 8.30. The van der Waals surface area contributed by atoms with Gasteiger partial charge in [-0.25, -0.2) is 0 Å². The molecule has 0 aliphatic heterocycles. The molecule has 0 aromatic heterocycles. The minimum absolute atomic E-state index is 0.0778. The maximum absolute atomic E-state index is 12.2. The molecule has 6 heteroatoms. The number of hydrogen-bond acceptors (Lipinski definition) is 3. The van der Waals surface area contributed by atoms with Crippen molar-refractivity contribution in [2.45, 2.75) is 25.8 Å². The number of carbonyl (C=O) groups is 2. The number of benzene rings is 2. The second kappa shape index (κ2) is 10.7. The normalized spacial score (nSPS) is 11.9. The van der Waals surface area contributed by atoms with E-state index in [2.05, 4.69) is 22.8 Å². The van der Waals surface area contributed by atoms with E-state index in [0.29, 0.717) is 10.7 Å². The largest absolute Gasteiger partial charge is 0.353 e. The third-order valence-electron chi connectivity index (χ3n) is 4.07. The third-order valence-corrected chi connectivity index (χ3v) is 4.32. The van der Waals surface area contributed by atoms with E-state index in [1.54, 1.807) is 36.2 Å². The highest BCUT2D eigenvalue weighted by molar-refractivity contribution is 6.30. The zero-order chi connectivity index (χ0) is 19.6. The summed E-state index contributed by atoms with van der Waals surface area (Å²) in [6.45, 7) is 2.30. The molecule has 2 amide bonds. The van der Waals surface area contributed by atoms with Crippen LogP contribution < -0.4 is 10.6 Å². The average Bonchev–Trinajstić information content (AvgIpc) is 2.62. The number of rotatable bonds is 9. The van der Waals surface area contributed by atoms with Crippen LogP contribution in [-0.4, -0.2) is 42.9 Å². The first-order chi connectivity index (χ1) is 12.9. The first-order valence-electron chi connectivity index (χ1n) is 8.99. The highest BCUT2D eigenvalue weighted by atomic mass is 35.5. The number of nitrogens with zero attached hydrogens (tertiary/aromatic N) is 1. The molecule has 0 saturated carbocycles. The Balaban J connectivity index is 1.67. The monoisotopic (exact) mass is 387 g/mol. The highest BCUT2D eigenvalue weighted by Gasteiger charge is 2.13. The molecule has 2 rings (SSSR count). The smallest absolute Gasteiger partial charge is 0.238 e. The summed E-state index contributed by atoms with van der Waals surface area (Å²) in [6, 6.07) is 17.2. The van der Waals surface area contributed by atoms with Crippen molar-refractivity contribution in [3.63, 3.8) is 0 Å². The summed E-state index contributed by atoms with van der Waals surface area (Å²) in [5, 5.41) is 6.38. The van der Waals surface area contributed by atoms with Crippen molar-refractivity contribution in [1.82, 2.24) is 10.2 Å². The van der Waals surface area contributed by atoms with Crippen LogP contribution >= 0.6 is 11.6 Å². The van der Waals surface area contributed by atoms with Crippen LogP contribution in [0.1, 0.15) is 18.9 Å². The number of carbonyl (C=O) groups excluding carboxylic acids is 2. The van der Waals surface area contributed by atoms with Gasteiger partial charge in [-0.05, 0) is 56.6 Å². The molecule has 0 aliphatic carbocycles. The molecule has 27 heavy (non-hydrogen) atoms. The van der Waals surface area contributed by atoms with Gasteiger partial charge in [0.15, 0.2) is 0 Å². The fraction of sp³-hybridized carbons (Fsp3) is 0.333. The summed E-state index contributed by atoms with van der Waals surface area (Å²) in [5.41, 5.74) is 1.94. The first-order valence-corrected chi connectivity index (χ1v) is 9.37. The zero-order valence-electron chi connectivity index (χ0n) is 15.7. The van der Waals surface area contributed by atoms with Crippen molar-refractivity contribution in [2.24, 2.45) is 0 Å². The minimum Gasteiger partial charge on any atom is -0.353 e. The summed E-state index contributed by atoms with van der Waals surface area (Å²) in [4.78, 5) is 25.9. The molecular formula is C21H26ClN3O2. The van der Waals surface area contributed by atoms with Crippen molar-refractivity contribution in [2.75, 3.05) is 25.5 Å². The van der Waals surface area contributed by atoms with Crippen molar-refractivity contribution < 1.29 is 9.59 Å². The lowest BCUT2D eigenvalue weighted by Crippen LogP contribution is -2.42. The van der Waals surface area contributed by atoms with E-state index < -0.39 is 0 Å². The van der Waals surface area contributed by atoms with Gasteiger partial charge in [-0.1, -0.05) is 41.9 Å². The molecular weight excluding hydrogens is 362 g/mol. The van der Waals surface area contributed by atoms with E-state index in [1.807, 2.05) is 25.1 Å². The molecule has 1 atom stereocenters. The molecule has 0 radical (unpaired) electrons. The summed E-state index contributed by atoms with van der Waals surface area (Å²) in [7, 11) is 1.75. The number of likely N-dealkylation sites (N-methyl/N-ethyl adjacent to an activating group) is 1. The predicted octanol–water partition coefficient (Wildman–Crippen LogP) is 3.35. The standard InChI is InChI=1S/C21H26ClN3O2/c1-16(8-9-17-6-4-3-5-7-17)23-20(26)14-25(2)15-21(27)24-19-12-10-18(22)11-13-19/h3-7,10-13,16H,8-9,14-15H2,1-2H3,(H,23,26)(H,24,27)/t16-/m1/s1. The number of anilines is 1. The Morgan fingerprint density at radius 3 is 2.30 bits per heavy atom. The molecule has 2 aromatic rings. The van der Waals surface area contributed by atoms with Gasteiger partial charge in [0.05, 0.1) is 13.1 Å². The van der Waals surface area contributed by atoms with Gasteiger partial charge in [0.25, 0.3) is 0 Å². The van der Waals surface area contributed by atoms with Crippen molar-refractivity contribution in [3.8, 4) is 0 Å². The highest BCUT2D eigenvalue weighted by Crippen LogP contribution is 2.13. The molecule has 2 N–H and O–H groups in total. The fourth-order valence-electron chi connectivity index (χ4n) is 2.70. The predicted molar refractivity (Wildman–Crippen MR) is 110 cm³/mol. The lowest BCUT2D eigenvalue weighted by Gasteiger charge is -2.19. The molecule has 0 aliphatic rings. The van der Waals surface area contributed by atoms with Crippen LogP contribution in [0.25, 0.3) is 0 Å². The van der Waals surface area contributed by atoms with Gasteiger partial charge in [-0.3, -0.25) is 14.5 Å².